The minimum absolute atomic E-state index is 0.106. The Balaban J connectivity index is 1.73. The molecule has 0 fully saturated rings. The molecule has 0 radical (unpaired) electrons. The fourth-order valence-corrected chi connectivity index (χ4v) is 3.55. The average molecular weight is 385 g/mol. The van der Waals surface area contributed by atoms with Gasteiger partial charge in [0.1, 0.15) is 5.82 Å². The first-order valence-electron chi connectivity index (χ1n) is 8.81. The van der Waals surface area contributed by atoms with Crippen LogP contribution in [0.25, 0.3) is 10.8 Å². The van der Waals surface area contributed by atoms with Crippen LogP contribution < -0.4 is 5.32 Å². The minimum atomic E-state index is -0.371. The Hall–Kier alpha value is -2.43. The molecule has 0 bridgehead atoms. The predicted molar refractivity (Wildman–Crippen MR) is 108 cm³/mol. The minimum Gasteiger partial charge on any atom is -0.354 e. The van der Waals surface area contributed by atoms with Crippen molar-refractivity contribution in [2.45, 2.75) is 12.5 Å². The van der Waals surface area contributed by atoms with E-state index in [-0.39, 0.29) is 30.7 Å². The molecule has 1 N–H and O–H groups in total. The molecule has 5 heteroatoms. The van der Waals surface area contributed by atoms with Crippen molar-refractivity contribution in [1.29, 1.82) is 0 Å². The van der Waals surface area contributed by atoms with Crippen LogP contribution in [-0.4, -0.2) is 31.4 Å². The first kappa shape index (κ1) is 19.3. The number of hydrogen-bond acceptors (Lipinski definition) is 2. The zero-order valence-corrected chi connectivity index (χ0v) is 16.1. The molecule has 0 saturated heterocycles. The van der Waals surface area contributed by atoms with Gasteiger partial charge in [-0.2, -0.15) is 0 Å². The standard InChI is InChI=1S/C22H22ClFN2O/c1-26(2)20(22-18(23)11-6-12-19(22)24)14-25-21(27)13-16-9-5-8-15-7-3-4-10-17(15)16/h3-12,20H,13-14H2,1-2H3,(H,25,27)/t20-/m0/s1. The number of fused-ring (bicyclic) bond motifs is 1. The quantitative estimate of drug-likeness (QED) is 0.674. The summed E-state index contributed by atoms with van der Waals surface area (Å²) in [5, 5.41) is 5.45. The summed E-state index contributed by atoms with van der Waals surface area (Å²) in [5.74, 6) is -0.477. The number of nitrogens with zero attached hydrogens (tertiary/aromatic N) is 1. The van der Waals surface area contributed by atoms with Crippen LogP contribution >= 0.6 is 11.6 Å². The molecule has 1 amide bonds. The van der Waals surface area contributed by atoms with Crippen molar-refractivity contribution in [2.75, 3.05) is 20.6 Å². The Morgan fingerprint density at radius 1 is 1.07 bits per heavy atom. The molecule has 0 aliphatic carbocycles. The molecule has 3 aromatic carbocycles. The van der Waals surface area contributed by atoms with Crippen LogP contribution in [0.3, 0.4) is 0 Å². The molecule has 3 aromatic rings. The van der Waals surface area contributed by atoms with Crippen molar-refractivity contribution >= 4 is 28.3 Å². The summed E-state index contributed by atoms with van der Waals surface area (Å²) in [6.45, 7) is 0.275. The number of hydrogen-bond donors (Lipinski definition) is 1. The molecule has 0 unspecified atom stereocenters. The number of benzene rings is 3. The molecule has 27 heavy (non-hydrogen) atoms. The molecule has 0 aromatic heterocycles. The number of rotatable bonds is 6. The van der Waals surface area contributed by atoms with Crippen molar-refractivity contribution in [3.63, 3.8) is 0 Å². The van der Waals surface area contributed by atoms with Crippen LogP contribution in [-0.2, 0) is 11.2 Å². The Morgan fingerprint density at radius 3 is 2.52 bits per heavy atom. The smallest absolute Gasteiger partial charge is 0.224 e. The van der Waals surface area contributed by atoms with E-state index in [4.69, 9.17) is 11.6 Å². The summed E-state index contributed by atoms with van der Waals surface area (Å²) in [7, 11) is 3.68. The van der Waals surface area contributed by atoms with E-state index in [2.05, 4.69) is 5.32 Å². The maximum Gasteiger partial charge on any atom is 0.224 e. The second-order valence-corrected chi connectivity index (χ2v) is 7.14. The number of carbonyl (C=O) groups is 1. The van der Waals surface area contributed by atoms with Gasteiger partial charge in [-0.25, -0.2) is 4.39 Å². The topological polar surface area (TPSA) is 32.3 Å². The van der Waals surface area contributed by atoms with Crippen LogP contribution in [0.4, 0.5) is 4.39 Å². The maximum absolute atomic E-state index is 14.3. The second-order valence-electron chi connectivity index (χ2n) is 6.73. The molecule has 3 nitrogen and oxygen atoms in total. The van der Waals surface area contributed by atoms with E-state index in [1.165, 1.54) is 6.07 Å². The van der Waals surface area contributed by atoms with Crippen LogP contribution in [0.2, 0.25) is 5.02 Å². The fraction of sp³-hybridized carbons (Fsp3) is 0.227. The average Bonchev–Trinajstić information content (AvgIpc) is 2.64. The number of nitrogens with one attached hydrogen (secondary N) is 1. The van der Waals surface area contributed by atoms with Crippen LogP contribution in [0.5, 0.6) is 0 Å². The molecule has 0 spiro atoms. The monoisotopic (exact) mass is 384 g/mol. The van der Waals surface area contributed by atoms with Gasteiger partial charge in [0.25, 0.3) is 0 Å². The van der Waals surface area contributed by atoms with E-state index in [0.717, 1.165) is 16.3 Å². The molecule has 0 aliphatic rings. The van der Waals surface area contributed by atoms with E-state index in [1.807, 2.05) is 61.5 Å². The lowest BCUT2D eigenvalue weighted by atomic mass is 10.0. The Morgan fingerprint density at radius 2 is 1.78 bits per heavy atom. The SMILES string of the molecule is CN(C)[C@@H](CNC(=O)Cc1cccc2ccccc12)c1c(F)cccc1Cl. The molecule has 0 heterocycles. The zero-order valence-electron chi connectivity index (χ0n) is 15.4. The van der Waals surface area contributed by atoms with Gasteiger partial charge in [0, 0.05) is 17.1 Å². The number of amides is 1. The first-order chi connectivity index (χ1) is 13.0. The third kappa shape index (κ3) is 4.46. The summed E-state index contributed by atoms with van der Waals surface area (Å²) in [4.78, 5) is 14.4. The lowest BCUT2D eigenvalue weighted by Crippen LogP contribution is -2.35. The van der Waals surface area contributed by atoms with Crippen molar-refractivity contribution in [3.05, 3.63) is 82.6 Å². The van der Waals surface area contributed by atoms with Crippen LogP contribution in [0, 0.1) is 5.82 Å². The van der Waals surface area contributed by atoms with Gasteiger partial charge in [-0.1, -0.05) is 60.1 Å². The molecule has 3 rings (SSSR count). The van der Waals surface area contributed by atoms with Gasteiger partial charge >= 0.3 is 0 Å². The second kappa shape index (κ2) is 8.51. The largest absolute Gasteiger partial charge is 0.354 e. The summed E-state index contributed by atoms with van der Waals surface area (Å²) >= 11 is 6.20. The zero-order chi connectivity index (χ0) is 19.4. The molecule has 0 saturated carbocycles. The number of halogens is 2. The lowest BCUT2D eigenvalue weighted by molar-refractivity contribution is -0.120. The van der Waals surface area contributed by atoms with Gasteiger partial charge in [-0.15, -0.1) is 0 Å². The summed E-state index contributed by atoms with van der Waals surface area (Å²) in [5.41, 5.74) is 1.37. The highest BCUT2D eigenvalue weighted by molar-refractivity contribution is 6.31. The van der Waals surface area contributed by atoms with Gasteiger partial charge in [0.05, 0.1) is 12.5 Å². The van der Waals surface area contributed by atoms with Crippen molar-refractivity contribution < 1.29 is 9.18 Å². The van der Waals surface area contributed by atoms with Gasteiger partial charge in [0.2, 0.25) is 5.91 Å². The molecule has 0 aliphatic heterocycles. The molecular formula is C22H22ClFN2O. The van der Waals surface area contributed by atoms with Gasteiger partial charge < -0.3 is 10.2 Å². The van der Waals surface area contributed by atoms with Crippen LogP contribution in [0.1, 0.15) is 17.2 Å². The third-order valence-electron chi connectivity index (χ3n) is 4.68. The third-order valence-corrected chi connectivity index (χ3v) is 5.01. The Kier molecular flexibility index (Phi) is 6.09. The highest BCUT2D eigenvalue weighted by Crippen LogP contribution is 2.28. The lowest BCUT2D eigenvalue weighted by Gasteiger charge is -2.26. The Bertz CT molecular complexity index is 932. The van der Waals surface area contributed by atoms with Gasteiger partial charge in [0.15, 0.2) is 0 Å². The fourth-order valence-electron chi connectivity index (χ4n) is 3.26. The summed E-state index contributed by atoms with van der Waals surface area (Å²) in [6.07, 6.45) is 0.270. The molecule has 140 valence electrons. The van der Waals surface area contributed by atoms with E-state index < -0.39 is 0 Å². The van der Waals surface area contributed by atoms with Gasteiger partial charge in [-0.05, 0) is 42.6 Å². The number of carbonyl (C=O) groups excluding carboxylic acids is 1. The van der Waals surface area contributed by atoms with E-state index in [0.29, 0.717) is 10.6 Å². The van der Waals surface area contributed by atoms with E-state index in [9.17, 15) is 9.18 Å². The number of likely N-dealkylation sites (N-methyl/N-ethyl adjacent to an activating group) is 1. The molecular weight excluding hydrogens is 363 g/mol. The summed E-state index contributed by atoms with van der Waals surface area (Å²) < 4.78 is 14.3. The first-order valence-corrected chi connectivity index (χ1v) is 9.19. The van der Waals surface area contributed by atoms with E-state index >= 15 is 0 Å². The van der Waals surface area contributed by atoms with Crippen molar-refractivity contribution in [3.8, 4) is 0 Å². The highest BCUT2D eigenvalue weighted by Gasteiger charge is 2.22. The highest BCUT2D eigenvalue weighted by atomic mass is 35.5. The van der Waals surface area contributed by atoms with Crippen molar-refractivity contribution in [1.82, 2.24) is 10.2 Å². The van der Waals surface area contributed by atoms with Crippen LogP contribution in [0.15, 0.2) is 60.7 Å². The van der Waals surface area contributed by atoms with Crippen molar-refractivity contribution in [2.24, 2.45) is 0 Å². The van der Waals surface area contributed by atoms with E-state index in [1.54, 1.807) is 12.1 Å². The maximum atomic E-state index is 14.3. The van der Waals surface area contributed by atoms with Gasteiger partial charge in [-0.3, -0.25) is 4.79 Å². The summed E-state index contributed by atoms with van der Waals surface area (Å²) in [6, 6.07) is 18.2. The molecule has 1 atom stereocenters. The normalized spacial score (nSPS) is 12.3. The Labute approximate surface area is 163 Å². The predicted octanol–water partition coefficient (Wildman–Crippen LogP) is 4.59.